The van der Waals surface area contributed by atoms with Crippen LogP contribution < -0.4 is 10.6 Å². The molecule has 0 bridgehead atoms. The van der Waals surface area contributed by atoms with Crippen LogP contribution >= 0.6 is 0 Å². The highest BCUT2D eigenvalue weighted by atomic mass is 16.2. The number of carbonyl (C=O) groups excluding carboxylic acids is 1. The summed E-state index contributed by atoms with van der Waals surface area (Å²) in [6.45, 7) is 3.09. The van der Waals surface area contributed by atoms with Crippen molar-refractivity contribution >= 4 is 5.91 Å². The maximum absolute atomic E-state index is 11.9. The number of nitrogens with zero attached hydrogens (tertiary/aromatic N) is 1. The van der Waals surface area contributed by atoms with Gasteiger partial charge >= 0.3 is 0 Å². The molecule has 0 spiro atoms. The Kier molecular flexibility index (Phi) is 3.59. The molecule has 0 aromatic heterocycles. The fraction of sp³-hybridized carbons (Fsp3) is 0.909. The molecule has 0 saturated carbocycles. The first kappa shape index (κ1) is 10.9. The second-order valence-electron chi connectivity index (χ2n) is 4.76. The first-order chi connectivity index (χ1) is 7.25. The molecule has 0 aromatic carbocycles. The molecule has 4 nitrogen and oxygen atoms in total. The SMILES string of the molecule is CN1CCC(NC(=O)C2CCCCN2)C1. The number of rotatable bonds is 2. The lowest BCUT2D eigenvalue weighted by Crippen LogP contribution is -2.50. The largest absolute Gasteiger partial charge is 0.351 e. The first-order valence-electron chi connectivity index (χ1n) is 5.98. The molecule has 0 aliphatic carbocycles. The van der Waals surface area contributed by atoms with E-state index in [-0.39, 0.29) is 11.9 Å². The van der Waals surface area contributed by atoms with Gasteiger partial charge in [0, 0.05) is 12.6 Å². The van der Waals surface area contributed by atoms with Gasteiger partial charge in [-0.05, 0) is 39.4 Å². The standard InChI is InChI=1S/C11H21N3O/c1-14-7-5-9(8-14)13-11(15)10-4-2-3-6-12-10/h9-10,12H,2-8H2,1H3,(H,13,15). The van der Waals surface area contributed by atoms with Crippen LogP contribution in [0.1, 0.15) is 25.7 Å². The highest BCUT2D eigenvalue weighted by molar-refractivity contribution is 5.82. The average molecular weight is 211 g/mol. The summed E-state index contributed by atoms with van der Waals surface area (Å²) in [5.74, 6) is 0.204. The Hall–Kier alpha value is -0.610. The van der Waals surface area contributed by atoms with Crippen molar-refractivity contribution in [1.29, 1.82) is 0 Å². The van der Waals surface area contributed by atoms with Gasteiger partial charge in [-0.25, -0.2) is 0 Å². The zero-order valence-electron chi connectivity index (χ0n) is 9.46. The predicted molar refractivity (Wildman–Crippen MR) is 59.7 cm³/mol. The Bertz CT molecular complexity index is 226. The lowest BCUT2D eigenvalue weighted by Gasteiger charge is -2.24. The molecular weight excluding hydrogens is 190 g/mol. The van der Waals surface area contributed by atoms with E-state index in [4.69, 9.17) is 0 Å². The molecule has 2 aliphatic rings. The Balaban J connectivity index is 1.76. The Morgan fingerprint density at radius 2 is 2.27 bits per heavy atom. The summed E-state index contributed by atoms with van der Waals surface area (Å²) in [5, 5.41) is 6.41. The molecule has 2 saturated heterocycles. The monoisotopic (exact) mass is 211 g/mol. The van der Waals surface area contributed by atoms with Gasteiger partial charge in [-0.2, -0.15) is 0 Å². The number of piperidine rings is 1. The number of nitrogens with one attached hydrogen (secondary N) is 2. The normalized spacial score (nSPS) is 32.9. The van der Waals surface area contributed by atoms with Crippen LogP contribution in [0.4, 0.5) is 0 Å². The number of carbonyl (C=O) groups is 1. The molecule has 2 N–H and O–H groups in total. The van der Waals surface area contributed by atoms with E-state index < -0.39 is 0 Å². The van der Waals surface area contributed by atoms with Crippen molar-refractivity contribution in [3.63, 3.8) is 0 Å². The molecule has 4 heteroatoms. The van der Waals surface area contributed by atoms with Crippen molar-refractivity contribution in [1.82, 2.24) is 15.5 Å². The van der Waals surface area contributed by atoms with Crippen molar-refractivity contribution in [3.05, 3.63) is 0 Å². The van der Waals surface area contributed by atoms with E-state index in [1.54, 1.807) is 0 Å². The number of likely N-dealkylation sites (N-methyl/N-ethyl adjacent to an activating group) is 1. The van der Waals surface area contributed by atoms with Crippen LogP contribution in [0.3, 0.4) is 0 Å². The summed E-state index contributed by atoms with van der Waals surface area (Å²) < 4.78 is 0. The average Bonchev–Trinajstić information content (AvgIpc) is 2.65. The van der Waals surface area contributed by atoms with Crippen LogP contribution in [0.5, 0.6) is 0 Å². The lowest BCUT2D eigenvalue weighted by molar-refractivity contribution is -0.124. The lowest BCUT2D eigenvalue weighted by atomic mass is 10.0. The zero-order valence-corrected chi connectivity index (χ0v) is 9.46. The zero-order chi connectivity index (χ0) is 10.7. The van der Waals surface area contributed by atoms with Gasteiger partial charge in [-0.15, -0.1) is 0 Å². The van der Waals surface area contributed by atoms with Crippen molar-refractivity contribution in [2.75, 3.05) is 26.7 Å². The van der Waals surface area contributed by atoms with Gasteiger partial charge in [0.15, 0.2) is 0 Å². The molecule has 2 atom stereocenters. The molecule has 2 heterocycles. The van der Waals surface area contributed by atoms with Crippen LogP contribution in [0.15, 0.2) is 0 Å². The molecule has 2 aliphatic heterocycles. The Morgan fingerprint density at radius 3 is 2.87 bits per heavy atom. The van der Waals surface area contributed by atoms with Crippen LogP contribution in [0.2, 0.25) is 0 Å². The molecule has 2 rings (SSSR count). The third-order valence-electron chi connectivity index (χ3n) is 3.36. The number of likely N-dealkylation sites (tertiary alicyclic amines) is 1. The van der Waals surface area contributed by atoms with Gasteiger partial charge in [0.1, 0.15) is 0 Å². The fourth-order valence-corrected chi connectivity index (χ4v) is 2.43. The summed E-state index contributed by atoms with van der Waals surface area (Å²) in [6, 6.07) is 0.427. The maximum Gasteiger partial charge on any atom is 0.237 e. The van der Waals surface area contributed by atoms with Gasteiger partial charge in [0.25, 0.3) is 0 Å². The van der Waals surface area contributed by atoms with E-state index in [2.05, 4.69) is 22.6 Å². The Labute approximate surface area is 91.4 Å². The van der Waals surface area contributed by atoms with Gasteiger partial charge in [-0.3, -0.25) is 4.79 Å². The van der Waals surface area contributed by atoms with Gasteiger partial charge in [-0.1, -0.05) is 6.42 Å². The number of amides is 1. The third kappa shape index (κ3) is 2.92. The maximum atomic E-state index is 11.9. The fourth-order valence-electron chi connectivity index (χ4n) is 2.43. The van der Waals surface area contributed by atoms with E-state index in [0.717, 1.165) is 32.5 Å². The van der Waals surface area contributed by atoms with Gasteiger partial charge in [0.2, 0.25) is 5.91 Å². The first-order valence-corrected chi connectivity index (χ1v) is 5.98. The predicted octanol–water partition coefficient (Wildman–Crippen LogP) is -0.0512. The highest BCUT2D eigenvalue weighted by Gasteiger charge is 2.25. The van der Waals surface area contributed by atoms with E-state index in [0.29, 0.717) is 6.04 Å². The van der Waals surface area contributed by atoms with Crippen molar-refractivity contribution in [3.8, 4) is 0 Å². The molecule has 15 heavy (non-hydrogen) atoms. The molecular formula is C11H21N3O. The minimum absolute atomic E-state index is 0.0599. The van der Waals surface area contributed by atoms with Crippen LogP contribution in [-0.4, -0.2) is 49.6 Å². The molecule has 2 unspecified atom stereocenters. The minimum atomic E-state index is 0.0599. The summed E-state index contributed by atoms with van der Waals surface area (Å²) in [7, 11) is 2.10. The van der Waals surface area contributed by atoms with E-state index >= 15 is 0 Å². The van der Waals surface area contributed by atoms with Crippen molar-refractivity contribution < 1.29 is 4.79 Å². The highest BCUT2D eigenvalue weighted by Crippen LogP contribution is 2.10. The second-order valence-corrected chi connectivity index (χ2v) is 4.76. The summed E-state index contributed by atoms with van der Waals surface area (Å²) in [4.78, 5) is 14.1. The molecule has 86 valence electrons. The molecule has 1 amide bonds. The van der Waals surface area contributed by atoms with Gasteiger partial charge in [0.05, 0.1) is 6.04 Å². The summed E-state index contributed by atoms with van der Waals surface area (Å²) >= 11 is 0. The minimum Gasteiger partial charge on any atom is -0.351 e. The van der Waals surface area contributed by atoms with Crippen molar-refractivity contribution in [2.24, 2.45) is 0 Å². The van der Waals surface area contributed by atoms with Crippen LogP contribution in [-0.2, 0) is 4.79 Å². The van der Waals surface area contributed by atoms with Crippen LogP contribution in [0.25, 0.3) is 0 Å². The Morgan fingerprint density at radius 1 is 1.40 bits per heavy atom. The summed E-state index contributed by atoms with van der Waals surface area (Å²) in [6.07, 6.45) is 4.47. The summed E-state index contributed by atoms with van der Waals surface area (Å²) in [5.41, 5.74) is 0. The topological polar surface area (TPSA) is 44.4 Å². The van der Waals surface area contributed by atoms with Gasteiger partial charge < -0.3 is 15.5 Å². The molecule has 2 fully saturated rings. The number of hydrogen-bond acceptors (Lipinski definition) is 3. The molecule has 0 radical (unpaired) electrons. The van der Waals surface area contributed by atoms with E-state index in [1.807, 2.05) is 0 Å². The number of hydrogen-bond donors (Lipinski definition) is 2. The van der Waals surface area contributed by atoms with Crippen molar-refractivity contribution in [2.45, 2.75) is 37.8 Å². The van der Waals surface area contributed by atoms with E-state index in [1.165, 1.54) is 12.8 Å². The molecule has 0 aromatic rings. The van der Waals surface area contributed by atoms with E-state index in [9.17, 15) is 4.79 Å². The van der Waals surface area contributed by atoms with Crippen LogP contribution in [0, 0.1) is 0 Å². The second kappa shape index (κ2) is 4.94. The quantitative estimate of drug-likeness (QED) is 0.673. The third-order valence-corrected chi connectivity index (χ3v) is 3.36. The smallest absolute Gasteiger partial charge is 0.237 e.